The Balaban J connectivity index is -0.000000150. The van der Waals surface area contributed by atoms with E-state index in [1.54, 1.807) is 12.2 Å². The molecule has 0 aliphatic carbocycles. The van der Waals surface area contributed by atoms with Crippen LogP contribution in [-0.4, -0.2) is 57.5 Å². The summed E-state index contributed by atoms with van der Waals surface area (Å²) in [7, 11) is -4.64. The molecule has 0 heterocycles. The molecule has 0 aliphatic heterocycles. The molecule has 3 N–H and O–H groups in total. The molecule has 0 fully saturated rings. The molecule has 0 aromatic rings. The summed E-state index contributed by atoms with van der Waals surface area (Å²) in [6.45, 7) is 8.18. The van der Waals surface area contributed by atoms with Crippen LogP contribution in [0.15, 0.2) is 25.3 Å². The monoisotopic (exact) mass is 220 g/mol. The van der Waals surface area contributed by atoms with Gasteiger partial charge in [-0.1, -0.05) is 12.2 Å². The molecule has 0 saturated heterocycles. The molecule has 0 rings (SSSR count). The summed E-state index contributed by atoms with van der Waals surface area (Å²) >= 11 is 0. The first-order valence-electron chi connectivity index (χ1n) is 2.99. The average Bonchev–Trinajstić information content (AvgIpc) is 1.85. The van der Waals surface area contributed by atoms with Gasteiger partial charge in [-0.05, 0) is 0 Å². The average molecular weight is 220 g/mol. The standard InChI is InChI=1S/C6H10O.Na.H3O4P.H/c1-3-5-7-6-4-2;;1-5(2,3)4;/h3-4H,1-2,5-6H2;;(H3,1,2,3,4);. The molecule has 0 aliphatic rings. The molecule has 0 radical (unpaired) electrons. The van der Waals surface area contributed by atoms with Crippen LogP contribution in [0.25, 0.3) is 0 Å². The van der Waals surface area contributed by atoms with E-state index in [0.717, 1.165) is 0 Å². The molecule has 0 bridgehead atoms. The van der Waals surface area contributed by atoms with Gasteiger partial charge in [0.15, 0.2) is 0 Å². The molecule has 0 aromatic carbocycles. The molecule has 5 nitrogen and oxygen atoms in total. The zero-order valence-electron chi connectivity index (χ0n) is 6.59. The zero-order valence-corrected chi connectivity index (χ0v) is 7.48. The van der Waals surface area contributed by atoms with Gasteiger partial charge >= 0.3 is 37.4 Å². The fraction of sp³-hybridized carbons (Fsp3) is 0.333. The second-order valence-electron chi connectivity index (χ2n) is 1.63. The summed E-state index contributed by atoms with van der Waals surface area (Å²) in [6.07, 6.45) is 3.42. The maximum atomic E-state index is 8.88. The Hall–Kier alpha value is 0.550. The van der Waals surface area contributed by atoms with Crippen molar-refractivity contribution in [2.24, 2.45) is 0 Å². The van der Waals surface area contributed by atoms with Crippen molar-refractivity contribution in [3.8, 4) is 0 Å². The Kier molecular flexibility index (Phi) is 18.5. The number of hydrogen-bond acceptors (Lipinski definition) is 2. The van der Waals surface area contributed by atoms with E-state index in [9.17, 15) is 0 Å². The van der Waals surface area contributed by atoms with E-state index in [4.69, 9.17) is 24.0 Å². The van der Waals surface area contributed by atoms with E-state index in [1.165, 1.54) is 0 Å². The summed E-state index contributed by atoms with van der Waals surface area (Å²) in [5.74, 6) is 0. The van der Waals surface area contributed by atoms with Gasteiger partial charge in [-0.3, -0.25) is 0 Å². The fourth-order valence-electron chi connectivity index (χ4n) is 0.235. The van der Waals surface area contributed by atoms with Crippen LogP contribution in [0.1, 0.15) is 0 Å². The Labute approximate surface area is 99.6 Å². The normalized spacial score (nSPS) is 8.85. The summed E-state index contributed by atoms with van der Waals surface area (Å²) in [5.41, 5.74) is 0. The van der Waals surface area contributed by atoms with E-state index >= 15 is 0 Å². The molecule has 7 heteroatoms. The number of ether oxygens (including phenoxy) is 1. The first kappa shape index (κ1) is 19.2. The molecular weight excluding hydrogens is 206 g/mol. The van der Waals surface area contributed by atoms with Crippen molar-refractivity contribution in [3.63, 3.8) is 0 Å². The van der Waals surface area contributed by atoms with Crippen LogP contribution in [-0.2, 0) is 9.30 Å². The van der Waals surface area contributed by atoms with Crippen molar-refractivity contribution in [1.82, 2.24) is 0 Å². The third kappa shape index (κ3) is 67.5. The van der Waals surface area contributed by atoms with Crippen LogP contribution in [0, 0.1) is 0 Å². The van der Waals surface area contributed by atoms with Gasteiger partial charge in [0.25, 0.3) is 0 Å². The summed E-state index contributed by atoms with van der Waals surface area (Å²) in [5, 5.41) is 0. The minimum atomic E-state index is -4.64. The van der Waals surface area contributed by atoms with Crippen LogP contribution in [0.3, 0.4) is 0 Å². The fourth-order valence-corrected chi connectivity index (χ4v) is 0.235. The van der Waals surface area contributed by atoms with E-state index in [1.807, 2.05) is 0 Å². The Morgan fingerprint density at radius 2 is 1.38 bits per heavy atom. The van der Waals surface area contributed by atoms with Crippen molar-refractivity contribution in [1.29, 1.82) is 0 Å². The second-order valence-corrected chi connectivity index (χ2v) is 2.65. The summed E-state index contributed by atoms with van der Waals surface area (Å²) in [6, 6.07) is 0. The molecule has 0 saturated carbocycles. The summed E-state index contributed by atoms with van der Waals surface area (Å²) in [4.78, 5) is 21.6. The van der Waals surface area contributed by atoms with Crippen molar-refractivity contribution >= 4 is 37.4 Å². The SMILES string of the molecule is C=CCOCC=C.O=P(O)(O)O.[NaH]. The van der Waals surface area contributed by atoms with Crippen molar-refractivity contribution < 1.29 is 24.0 Å². The van der Waals surface area contributed by atoms with E-state index in [-0.39, 0.29) is 29.6 Å². The second kappa shape index (κ2) is 12.6. The van der Waals surface area contributed by atoms with Gasteiger partial charge in [-0.2, -0.15) is 0 Å². The van der Waals surface area contributed by atoms with Gasteiger partial charge in [0.05, 0.1) is 13.2 Å². The van der Waals surface area contributed by atoms with Crippen molar-refractivity contribution in [3.05, 3.63) is 25.3 Å². The quantitative estimate of drug-likeness (QED) is 0.264. The van der Waals surface area contributed by atoms with Gasteiger partial charge in [0, 0.05) is 0 Å². The minimum absolute atomic E-state index is 0. The zero-order chi connectivity index (χ0) is 10.0. The van der Waals surface area contributed by atoms with Gasteiger partial charge in [0.2, 0.25) is 0 Å². The third-order valence-corrected chi connectivity index (χ3v) is 0.471. The predicted octanol–water partition coefficient (Wildman–Crippen LogP) is -0.202. The number of hydrogen-bond donors (Lipinski definition) is 3. The topological polar surface area (TPSA) is 87.0 Å². The van der Waals surface area contributed by atoms with Crippen LogP contribution < -0.4 is 0 Å². The Morgan fingerprint density at radius 1 is 1.15 bits per heavy atom. The summed E-state index contributed by atoms with van der Waals surface area (Å²) < 4.78 is 13.8. The van der Waals surface area contributed by atoms with Gasteiger partial charge < -0.3 is 19.4 Å². The molecule has 0 unspecified atom stereocenters. The molecule has 0 amide bonds. The molecular formula is C6H14NaO5P. The maximum absolute atomic E-state index is 8.88. The molecule has 0 spiro atoms. The van der Waals surface area contributed by atoms with Crippen molar-refractivity contribution in [2.45, 2.75) is 0 Å². The van der Waals surface area contributed by atoms with Crippen LogP contribution >= 0.6 is 7.82 Å². The van der Waals surface area contributed by atoms with Crippen LogP contribution in [0.5, 0.6) is 0 Å². The van der Waals surface area contributed by atoms with Crippen molar-refractivity contribution in [2.75, 3.05) is 13.2 Å². The molecule has 0 aromatic heterocycles. The predicted molar refractivity (Wildman–Crippen MR) is 52.6 cm³/mol. The van der Waals surface area contributed by atoms with Crippen LogP contribution in [0.4, 0.5) is 0 Å². The molecule has 74 valence electrons. The Morgan fingerprint density at radius 3 is 1.54 bits per heavy atom. The molecule has 13 heavy (non-hydrogen) atoms. The van der Waals surface area contributed by atoms with Crippen LogP contribution in [0.2, 0.25) is 0 Å². The first-order chi connectivity index (χ1) is 5.41. The first-order valence-corrected chi connectivity index (χ1v) is 4.56. The number of phosphoric acid groups is 1. The van der Waals surface area contributed by atoms with Gasteiger partial charge in [-0.25, -0.2) is 4.57 Å². The van der Waals surface area contributed by atoms with E-state index in [0.29, 0.717) is 13.2 Å². The number of rotatable bonds is 4. The van der Waals surface area contributed by atoms with E-state index < -0.39 is 7.82 Å². The van der Waals surface area contributed by atoms with E-state index in [2.05, 4.69) is 13.2 Å². The Bertz CT molecular complexity index is 150. The van der Waals surface area contributed by atoms with Gasteiger partial charge in [0.1, 0.15) is 0 Å². The molecule has 0 atom stereocenters. The third-order valence-electron chi connectivity index (χ3n) is 0.471. The van der Waals surface area contributed by atoms with Gasteiger partial charge in [-0.15, -0.1) is 13.2 Å².